The molecule has 0 fully saturated rings. The van der Waals surface area contributed by atoms with Crippen molar-refractivity contribution in [3.8, 4) is 0 Å². The topological polar surface area (TPSA) is 29.5 Å². The van der Waals surface area contributed by atoms with E-state index >= 15 is 0 Å². The van der Waals surface area contributed by atoms with Crippen LogP contribution in [0.25, 0.3) is 0 Å². The summed E-state index contributed by atoms with van der Waals surface area (Å²) in [5.41, 5.74) is 0. The van der Waals surface area contributed by atoms with Crippen molar-refractivity contribution < 1.29 is 9.84 Å². The first-order chi connectivity index (χ1) is 5.35. The van der Waals surface area contributed by atoms with Gasteiger partial charge in [0.2, 0.25) is 0 Å². The minimum atomic E-state index is 0.289. The van der Waals surface area contributed by atoms with Crippen LogP contribution in [0.15, 0.2) is 0 Å². The molecule has 0 saturated heterocycles. The minimum absolute atomic E-state index is 0.289. The summed E-state index contributed by atoms with van der Waals surface area (Å²) in [6, 6.07) is 0. The van der Waals surface area contributed by atoms with E-state index in [9.17, 15) is 0 Å². The zero-order valence-electron chi connectivity index (χ0n) is 7.68. The molecule has 1 N–H and O–H groups in total. The Morgan fingerprint density at radius 1 is 1.27 bits per heavy atom. The van der Waals surface area contributed by atoms with E-state index < -0.39 is 0 Å². The second-order valence-electron chi connectivity index (χ2n) is 2.83. The third kappa shape index (κ3) is 6.32. The molecule has 0 aliphatic heterocycles. The molecule has 0 saturated carbocycles. The molecule has 0 aromatic carbocycles. The van der Waals surface area contributed by atoms with Gasteiger partial charge in [0.1, 0.15) is 0 Å². The SMILES string of the molecule is CCCC(CCO)COCC. The molecule has 0 aliphatic carbocycles. The largest absolute Gasteiger partial charge is 0.396 e. The van der Waals surface area contributed by atoms with Crippen molar-refractivity contribution in [3.05, 3.63) is 0 Å². The molecule has 1 atom stereocenters. The molecule has 68 valence electrons. The van der Waals surface area contributed by atoms with Gasteiger partial charge < -0.3 is 9.84 Å². The third-order valence-corrected chi connectivity index (χ3v) is 1.79. The van der Waals surface area contributed by atoms with Crippen molar-refractivity contribution >= 4 is 0 Å². The van der Waals surface area contributed by atoms with E-state index in [0.717, 1.165) is 19.6 Å². The van der Waals surface area contributed by atoms with Crippen molar-refractivity contribution in [1.29, 1.82) is 0 Å². The summed E-state index contributed by atoms with van der Waals surface area (Å²) in [5, 5.41) is 8.71. The van der Waals surface area contributed by atoms with Crippen LogP contribution in [-0.4, -0.2) is 24.9 Å². The highest BCUT2D eigenvalue weighted by Crippen LogP contribution is 2.10. The van der Waals surface area contributed by atoms with Gasteiger partial charge in [-0.1, -0.05) is 13.3 Å². The normalized spacial score (nSPS) is 13.4. The molecule has 1 unspecified atom stereocenters. The fourth-order valence-corrected chi connectivity index (χ4v) is 1.19. The number of rotatable bonds is 7. The highest BCUT2D eigenvalue weighted by Gasteiger charge is 2.05. The Bertz CT molecular complexity index is 68.0. The average molecular weight is 160 g/mol. The van der Waals surface area contributed by atoms with E-state index in [0.29, 0.717) is 5.92 Å². The highest BCUT2D eigenvalue weighted by molar-refractivity contribution is 4.56. The predicted molar refractivity (Wildman–Crippen MR) is 46.6 cm³/mol. The summed E-state index contributed by atoms with van der Waals surface area (Å²) in [6.45, 7) is 6.05. The maximum Gasteiger partial charge on any atom is 0.0494 e. The molecular weight excluding hydrogens is 140 g/mol. The van der Waals surface area contributed by atoms with Crippen LogP contribution in [0.2, 0.25) is 0 Å². The zero-order chi connectivity index (χ0) is 8.53. The number of hydrogen-bond donors (Lipinski definition) is 1. The fourth-order valence-electron chi connectivity index (χ4n) is 1.19. The Balaban J connectivity index is 3.34. The molecule has 0 aromatic rings. The van der Waals surface area contributed by atoms with E-state index in [4.69, 9.17) is 9.84 Å². The lowest BCUT2D eigenvalue weighted by atomic mass is 10.0. The highest BCUT2D eigenvalue weighted by atomic mass is 16.5. The minimum Gasteiger partial charge on any atom is -0.396 e. The Morgan fingerprint density at radius 3 is 2.45 bits per heavy atom. The van der Waals surface area contributed by atoms with Crippen LogP contribution in [-0.2, 0) is 4.74 Å². The molecule has 0 heterocycles. The van der Waals surface area contributed by atoms with Gasteiger partial charge in [-0.25, -0.2) is 0 Å². The second-order valence-corrected chi connectivity index (χ2v) is 2.83. The van der Waals surface area contributed by atoms with E-state index in [-0.39, 0.29) is 6.61 Å². The Hall–Kier alpha value is -0.0800. The third-order valence-electron chi connectivity index (χ3n) is 1.79. The van der Waals surface area contributed by atoms with Crippen LogP contribution in [0.3, 0.4) is 0 Å². The Morgan fingerprint density at radius 2 is 2.00 bits per heavy atom. The molecule has 0 radical (unpaired) electrons. The predicted octanol–water partition coefficient (Wildman–Crippen LogP) is 1.82. The van der Waals surface area contributed by atoms with Gasteiger partial charge in [-0.15, -0.1) is 0 Å². The van der Waals surface area contributed by atoms with Gasteiger partial charge >= 0.3 is 0 Å². The summed E-state index contributed by atoms with van der Waals surface area (Å²) in [4.78, 5) is 0. The van der Waals surface area contributed by atoms with E-state index in [1.165, 1.54) is 12.8 Å². The summed E-state index contributed by atoms with van der Waals surface area (Å²) in [5.74, 6) is 0.560. The molecule has 2 nitrogen and oxygen atoms in total. The van der Waals surface area contributed by atoms with Gasteiger partial charge in [0.05, 0.1) is 0 Å². The standard InChI is InChI=1S/C9H20O2/c1-3-5-9(6-7-10)8-11-4-2/h9-10H,3-8H2,1-2H3. The van der Waals surface area contributed by atoms with Crippen molar-refractivity contribution in [1.82, 2.24) is 0 Å². The van der Waals surface area contributed by atoms with Gasteiger partial charge in [0.15, 0.2) is 0 Å². The first-order valence-corrected chi connectivity index (χ1v) is 4.53. The lowest BCUT2D eigenvalue weighted by molar-refractivity contribution is 0.0938. The second kappa shape index (κ2) is 8.02. The van der Waals surface area contributed by atoms with Crippen LogP contribution in [0.1, 0.15) is 33.1 Å². The van der Waals surface area contributed by atoms with Crippen molar-refractivity contribution in [2.24, 2.45) is 5.92 Å². The van der Waals surface area contributed by atoms with Crippen LogP contribution in [0, 0.1) is 5.92 Å². The molecule has 0 aliphatic rings. The van der Waals surface area contributed by atoms with Crippen molar-refractivity contribution in [2.75, 3.05) is 19.8 Å². The van der Waals surface area contributed by atoms with Gasteiger partial charge in [0.25, 0.3) is 0 Å². The first kappa shape index (κ1) is 10.9. The van der Waals surface area contributed by atoms with Gasteiger partial charge in [-0.05, 0) is 25.7 Å². The van der Waals surface area contributed by atoms with Crippen LogP contribution < -0.4 is 0 Å². The summed E-state index contributed by atoms with van der Waals surface area (Å²) in [7, 11) is 0. The maximum atomic E-state index is 8.71. The smallest absolute Gasteiger partial charge is 0.0494 e. The van der Waals surface area contributed by atoms with Gasteiger partial charge in [-0.3, -0.25) is 0 Å². The van der Waals surface area contributed by atoms with Gasteiger partial charge in [0, 0.05) is 19.8 Å². The summed E-state index contributed by atoms with van der Waals surface area (Å²) < 4.78 is 5.29. The van der Waals surface area contributed by atoms with Gasteiger partial charge in [-0.2, -0.15) is 0 Å². The van der Waals surface area contributed by atoms with Crippen LogP contribution >= 0.6 is 0 Å². The first-order valence-electron chi connectivity index (χ1n) is 4.53. The number of aliphatic hydroxyl groups excluding tert-OH is 1. The maximum absolute atomic E-state index is 8.71. The van der Waals surface area contributed by atoms with Crippen molar-refractivity contribution in [2.45, 2.75) is 33.1 Å². The zero-order valence-corrected chi connectivity index (χ0v) is 7.68. The number of ether oxygens (including phenoxy) is 1. The molecule has 2 heteroatoms. The molecule has 0 rings (SSSR count). The monoisotopic (exact) mass is 160 g/mol. The molecule has 0 bridgehead atoms. The van der Waals surface area contributed by atoms with Crippen LogP contribution in [0.4, 0.5) is 0 Å². The summed E-state index contributed by atoms with van der Waals surface area (Å²) >= 11 is 0. The molecular formula is C9H20O2. The number of aliphatic hydroxyl groups is 1. The molecule has 0 spiro atoms. The van der Waals surface area contributed by atoms with E-state index in [1.54, 1.807) is 0 Å². The molecule has 0 amide bonds. The molecule has 11 heavy (non-hydrogen) atoms. The van der Waals surface area contributed by atoms with E-state index in [2.05, 4.69) is 6.92 Å². The fraction of sp³-hybridized carbons (Fsp3) is 1.00. The van der Waals surface area contributed by atoms with Crippen LogP contribution in [0.5, 0.6) is 0 Å². The number of hydrogen-bond acceptors (Lipinski definition) is 2. The molecule has 0 aromatic heterocycles. The Labute approximate surface area is 69.6 Å². The quantitative estimate of drug-likeness (QED) is 0.615. The summed E-state index contributed by atoms with van der Waals surface area (Å²) in [6.07, 6.45) is 3.23. The lowest BCUT2D eigenvalue weighted by Crippen LogP contribution is -2.11. The van der Waals surface area contributed by atoms with Crippen molar-refractivity contribution in [3.63, 3.8) is 0 Å². The van der Waals surface area contributed by atoms with E-state index in [1.807, 2.05) is 6.92 Å². The Kier molecular flexibility index (Phi) is 7.96. The lowest BCUT2D eigenvalue weighted by Gasteiger charge is -2.13. The average Bonchev–Trinajstić information content (AvgIpc) is 2.01.